The van der Waals surface area contributed by atoms with E-state index in [4.69, 9.17) is 0 Å². The fourth-order valence-electron chi connectivity index (χ4n) is 0. The molecule has 0 fully saturated rings. The summed E-state index contributed by atoms with van der Waals surface area (Å²) in [4.78, 5) is 1.50. The second-order valence-electron chi connectivity index (χ2n) is 0.856. The molecule has 0 rings (SSSR count). The Morgan fingerprint density at radius 2 is 1.14 bits per heavy atom. The van der Waals surface area contributed by atoms with Crippen LogP contribution in [0, 0.1) is 28.9 Å². The third-order valence-electron chi connectivity index (χ3n) is 0. The standard InChI is InChI=1S/C3H7N.2CH3.Y/c1-4(2)3;;;/h1-2H2,3H3;2*1H3;/q-2;2*-1;. The maximum absolute atomic E-state index is 3.36. The summed E-state index contributed by atoms with van der Waals surface area (Å²) in [7, 11) is 8.50. The minimum absolute atomic E-state index is 0. The molecule has 0 saturated heterocycles. The molecule has 0 amide bonds. The molecule has 0 N–H and O–H groups in total. The Balaban J connectivity index is -0.0000000150. The predicted octanol–water partition coefficient (Wildman–Crippen LogP) is 1.40. The molecule has 1 radical (unpaired) electrons. The van der Waals surface area contributed by atoms with Crippen molar-refractivity contribution in [2.75, 3.05) is 7.05 Å². The van der Waals surface area contributed by atoms with Crippen LogP contribution in [-0.4, -0.2) is 11.9 Å². The smallest absolute Gasteiger partial charge is 0 e. The van der Waals surface area contributed by atoms with Crippen LogP contribution >= 0.6 is 0 Å². The first-order valence-electron chi connectivity index (χ1n) is 1.08. The number of hydrogen-bond acceptors (Lipinski definition) is 1. The number of nitrogens with zero attached hydrogens (tertiary/aromatic N) is 1. The normalized spacial score (nSPS) is 5.14. The molecule has 0 aromatic carbocycles. The van der Waals surface area contributed by atoms with Gasteiger partial charge in [0.05, 0.1) is 0 Å². The first kappa shape index (κ1) is 24.4. The van der Waals surface area contributed by atoms with Crippen molar-refractivity contribution in [3.05, 3.63) is 28.9 Å². The van der Waals surface area contributed by atoms with Gasteiger partial charge in [-0.1, -0.05) is 7.05 Å². The maximum atomic E-state index is 3.36. The van der Waals surface area contributed by atoms with Crippen LogP contribution in [0.5, 0.6) is 0 Å². The van der Waals surface area contributed by atoms with Crippen LogP contribution in [0.3, 0.4) is 0 Å². The van der Waals surface area contributed by atoms with Crippen molar-refractivity contribution in [3.8, 4) is 0 Å². The summed E-state index contributed by atoms with van der Waals surface area (Å²) >= 11 is 0. The number of rotatable bonds is 0. The molecule has 0 aliphatic heterocycles. The van der Waals surface area contributed by atoms with E-state index in [1.165, 1.54) is 4.90 Å². The Morgan fingerprint density at radius 1 is 1.14 bits per heavy atom. The van der Waals surface area contributed by atoms with E-state index in [1.807, 2.05) is 0 Å². The van der Waals surface area contributed by atoms with E-state index >= 15 is 0 Å². The summed E-state index contributed by atoms with van der Waals surface area (Å²) in [5, 5.41) is 0. The molecule has 0 atom stereocenters. The Morgan fingerprint density at radius 3 is 1.14 bits per heavy atom. The van der Waals surface area contributed by atoms with E-state index < -0.39 is 0 Å². The zero-order valence-corrected chi connectivity index (χ0v) is 8.28. The molecule has 7 heavy (non-hydrogen) atoms. The van der Waals surface area contributed by atoms with Gasteiger partial charge >= 0.3 is 0 Å². The molecule has 45 valence electrons. The van der Waals surface area contributed by atoms with Gasteiger partial charge in [0, 0.05) is 32.7 Å². The predicted molar refractivity (Wildman–Crippen MR) is 31.3 cm³/mol. The van der Waals surface area contributed by atoms with Crippen molar-refractivity contribution in [2.24, 2.45) is 0 Å². The minimum atomic E-state index is 0. The van der Waals surface area contributed by atoms with Gasteiger partial charge in [-0.05, 0) is 0 Å². The van der Waals surface area contributed by atoms with Crippen molar-refractivity contribution in [3.63, 3.8) is 0 Å². The zero-order chi connectivity index (χ0) is 3.58. The summed E-state index contributed by atoms with van der Waals surface area (Å²) in [5.74, 6) is 0. The summed E-state index contributed by atoms with van der Waals surface area (Å²) < 4.78 is 0. The fraction of sp³-hybridized carbons (Fsp3) is 0.200. The molecule has 0 saturated carbocycles. The average Bonchev–Trinajstić information content (AvgIpc) is 0.811. The quantitative estimate of drug-likeness (QED) is 0.504. The van der Waals surface area contributed by atoms with E-state index in [1.54, 1.807) is 7.05 Å². The van der Waals surface area contributed by atoms with E-state index in [-0.39, 0.29) is 47.6 Å². The van der Waals surface area contributed by atoms with Crippen LogP contribution in [0.25, 0.3) is 0 Å². The van der Waals surface area contributed by atoms with E-state index in [9.17, 15) is 0 Å². The second-order valence-corrected chi connectivity index (χ2v) is 0.856. The van der Waals surface area contributed by atoms with Crippen LogP contribution < -0.4 is 0 Å². The Labute approximate surface area is 73.4 Å². The summed E-state index contributed by atoms with van der Waals surface area (Å²) in [6, 6.07) is 0. The average molecular weight is 176 g/mol. The van der Waals surface area contributed by atoms with Gasteiger partial charge in [-0.2, -0.15) is 0 Å². The Hall–Kier alpha value is 1.06. The fourth-order valence-corrected chi connectivity index (χ4v) is 0. The summed E-state index contributed by atoms with van der Waals surface area (Å²) in [6.07, 6.45) is 0. The first-order valence-corrected chi connectivity index (χ1v) is 1.08. The van der Waals surface area contributed by atoms with E-state index in [2.05, 4.69) is 14.1 Å². The monoisotopic (exact) mass is 176 g/mol. The summed E-state index contributed by atoms with van der Waals surface area (Å²) in [5.41, 5.74) is 0. The van der Waals surface area contributed by atoms with E-state index in [0.29, 0.717) is 0 Å². The molecule has 0 aromatic heterocycles. The van der Waals surface area contributed by atoms with Gasteiger partial charge in [-0.25, -0.2) is 0 Å². The molecule has 0 aliphatic rings. The van der Waals surface area contributed by atoms with Crippen LogP contribution in [0.4, 0.5) is 0 Å². The second kappa shape index (κ2) is 15.7. The van der Waals surface area contributed by atoms with E-state index in [0.717, 1.165) is 0 Å². The maximum Gasteiger partial charge on any atom is 0 e. The van der Waals surface area contributed by atoms with Crippen molar-refractivity contribution in [1.29, 1.82) is 0 Å². The van der Waals surface area contributed by atoms with Crippen molar-refractivity contribution < 1.29 is 32.7 Å². The molecule has 0 spiro atoms. The van der Waals surface area contributed by atoms with Crippen LogP contribution in [0.15, 0.2) is 0 Å². The van der Waals surface area contributed by atoms with Crippen molar-refractivity contribution >= 4 is 0 Å². The largest absolute Gasteiger partial charge is 0.613 e. The molecule has 0 aromatic rings. The van der Waals surface area contributed by atoms with Crippen LogP contribution in [-0.2, 0) is 32.7 Å². The first-order chi connectivity index (χ1) is 1.73. The molecule has 0 unspecified atom stereocenters. The van der Waals surface area contributed by atoms with Crippen LogP contribution in [0.2, 0.25) is 0 Å². The molecule has 1 nitrogen and oxygen atoms in total. The van der Waals surface area contributed by atoms with Gasteiger partial charge < -0.3 is 33.8 Å². The van der Waals surface area contributed by atoms with Gasteiger partial charge in [0.1, 0.15) is 0 Å². The SMILES string of the molecule is [CH2-]N([CH2-])C.[CH3-].[CH3-].[Y]. The van der Waals surface area contributed by atoms with Gasteiger partial charge in [0.15, 0.2) is 0 Å². The molecular weight excluding hydrogens is 163 g/mol. The third-order valence-corrected chi connectivity index (χ3v) is 0. The molecule has 0 aliphatic carbocycles. The summed E-state index contributed by atoms with van der Waals surface area (Å²) in [6.45, 7) is 0. The third kappa shape index (κ3) is 160. The molecule has 0 bridgehead atoms. The molecular formula is C5H13NY-4. The Bertz CT molecular complexity index is 12.8. The van der Waals surface area contributed by atoms with Crippen molar-refractivity contribution in [1.82, 2.24) is 4.90 Å². The van der Waals surface area contributed by atoms with Gasteiger partial charge in [0.2, 0.25) is 0 Å². The van der Waals surface area contributed by atoms with Gasteiger partial charge in [0.25, 0.3) is 0 Å². The minimum Gasteiger partial charge on any atom is -0.613 e. The topological polar surface area (TPSA) is 3.24 Å². The zero-order valence-electron chi connectivity index (χ0n) is 5.44. The molecule has 0 heterocycles. The van der Waals surface area contributed by atoms with Crippen molar-refractivity contribution in [2.45, 2.75) is 0 Å². The molecule has 2 heteroatoms. The van der Waals surface area contributed by atoms with Gasteiger partial charge in [-0.15, -0.1) is 0 Å². The Kier molecular flexibility index (Phi) is 54.7. The number of hydrogen-bond donors (Lipinski definition) is 0. The van der Waals surface area contributed by atoms with Crippen LogP contribution in [0.1, 0.15) is 0 Å². The van der Waals surface area contributed by atoms with Gasteiger partial charge in [-0.3, -0.25) is 0 Å².